The summed E-state index contributed by atoms with van der Waals surface area (Å²) in [6.45, 7) is 2.32. The van der Waals surface area contributed by atoms with Crippen LogP contribution >= 0.6 is 33.3 Å². The zero-order valence-electron chi connectivity index (χ0n) is 69.8. The van der Waals surface area contributed by atoms with Gasteiger partial charge in [-0.05, 0) is 62.5 Å². The molecule has 0 aliphatic carbocycles. The lowest BCUT2D eigenvalue weighted by atomic mass is 9.90. The number of ether oxygens (including phenoxy) is 10. The van der Waals surface area contributed by atoms with Crippen molar-refractivity contribution in [3.8, 4) is 0 Å². The fraction of sp³-hybridized carbons (Fsp3) is 0.637. The number of halogens is 1. The Morgan fingerprint density at radius 1 is 0.492 bits per heavy atom. The van der Waals surface area contributed by atoms with Crippen molar-refractivity contribution in [3.63, 3.8) is 0 Å². The number of carbonyl (C=O) groups is 15. The van der Waals surface area contributed by atoms with Crippen LogP contribution < -0.4 is 59.7 Å². The number of rotatable bonds is 58. The number of carboxylic acids is 1. The smallest absolute Gasteiger partial charge is 0.304 e. The summed E-state index contributed by atoms with van der Waals surface area (Å²) in [5.74, 6) is -15.5. The van der Waals surface area contributed by atoms with Crippen LogP contribution in [0, 0.1) is 17.8 Å². The second-order valence-corrected chi connectivity index (χ2v) is 31.6. The number of nitrogens with two attached hydrogens (primary N) is 3. The van der Waals surface area contributed by atoms with Crippen molar-refractivity contribution >= 4 is 134 Å². The van der Waals surface area contributed by atoms with Gasteiger partial charge in [-0.15, -0.1) is 11.8 Å². The molecule has 2 aliphatic heterocycles. The number of aliphatic carboxylic acids is 1. The molecule has 40 nitrogen and oxygen atoms in total. The van der Waals surface area contributed by atoms with Gasteiger partial charge in [0.1, 0.15) is 32.5 Å². The van der Waals surface area contributed by atoms with Gasteiger partial charge >= 0.3 is 5.97 Å². The second kappa shape index (κ2) is 69.1. The van der Waals surface area contributed by atoms with Crippen molar-refractivity contribution < 1.29 is 134 Å². The van der Waals surface area contributed by atoms with Gasteiger partial charge in [0.05, 0.1) is 141 Å². The zero-order valence-corrected chi connectivity index (χ0v) is 72.3. The number of carbonyl (C=O) groups excluding carboxylic acids is 14. The standard InChI is InChI=1S/C80H121N13O27S3.FH/c81-70(99)48-118-47-61(94)17-10-24-110-28-32-114-33-29-111-25-11-19-67(96)64-52-121-55-74(103)90-63(18-7-8-20-84-71(100)49-119-50-72(101)85-22-26-112-30-34-115-36-38-117-39-37-116-35-31-113-27-23-86-73(102)51-120-89-45-57-14-5-2-6-15-57)79(109)93-66-54-123-122-53-65(69(98)43-59(77(107)91-64)40-56-12-3-1-4-13-56)92-78(108)60(44-75(104)105)41-62(95)46-88-76(106)58(42-68(66)97)16-9-21-87-80(82)83;/h1-6,12-15,45,58-60,63-66H,7-11,16-44,46-55H2,(H2,81,99)(H,84,100)(H,85,101)(H,86,102)(H,88,106)(H,90,103)(H,91,107)(H,92,108)(H,93,109)(H,104,105)(H4,82,83,87);1H/b89-45+;/t58-,59-,60+,63+,64+,65+,66+;/m1./s1/i;1-1. The lowest BCUT2D eigenvalue weighted by Gasteiger charge is -2.26. The third-order valence-corrected chi connectivity index (χ3v) is 21.3. The number of fused-ring (bicyclic) bond motifs is 5. The molecule has 2 bridgehead atoms. The Kier molecular flexibility index (Phi) is 60.7. The first-order valence-electron chi connectivity index (χ1n) is 40.7. The van der Waals surface area contributed by atoms with E-state index in [2.05, 4.69) is 52.7 Å². The number of Topliss-reactive ketones (excluding diaryl/α,β-unsaturated/α-hetero) is 5. The minimum absolute atomic E-state index is 0. The normalized spacial score (nSPS) is 18.6. The lowest BCUT2D eigenvalue weighted by Crippen LogP contribution is -2.53. The van der Waals surface area contributed by atoms with Crippen molar-refractivity contribution in [2.75, 3.05) is 194 Å². The zero-order chi connectivity index (χ0) is 89.3. The van der Waals surface area contributed by atoms with Crippen LogP contribution in [-0.2, 0) is 131 Å². The number of guanidine groups is 1. The van der Waals surface area contributed by atoms with Crippen LogP contribution in [0.5, 0.6) is 0 Å². The van der Waals surface area contributed by atoms with Gasteiger partial charge in [-0.2, -0.15) is 0 Å². The summed E-state index contributed by atoms with van der Waals surface area (Å²) in [4.78, 5) is 211. The van der Waals surface area contributed by atoms with E-state index in [9.17, 15) is 77.0 Å². The molecule has 0 unspecified atom stereocenters. The molecule has 694 valence electrons. The van der Waals surface area contributed by atoms with Crippen LogP contribution in [0.3, 0.4) is 0 Å². The van der Waals surface area contributed by atoms with E-state index in [-0.39, 0.29) is 202 Å². The molecule has 0 saturated carbocycles. The maximum atomic E-state index is 14.9. The Morgan fingerprint density at radius 2 is 1.00 bits per heavy atom. The van der Waals surface area contributed by atoms with Crippen LogP contribution in [0.15, 0.2) is 70.8 Å². The van der Waals surface area contributed by atoms with Crippen molar-refractivity contribution in [1.82, 2.24) is 42.5 Å². The minimum Gasteiger partial charge on any atom is -0.481 e. The van der Waals surface area contributed by atoms with Gasteiger partial charge < -0.3 is 117 Å². The van der Waals surface area contributed by atoms with Crippen LogP contribution in [-0.4, -0.2) is 324 Å². The first-order valence-corrected chi connectivity index (χ1v) is 44.4. The fourth-order valence-corrected chi connectivity index (χ4v) is 14.8. The number of hydrogen-bond donors (Lipinski definition) is 12. The number of nitrogens with zero attached hydrogens (tertiary/aromatic N) is 2. The molecule has 2 aromatic carbocycles. The highest BCUT2D eigenvalue weighted by Gasteiger charge is 2.36. The number of primary amides is 1. The number of ketones is 5. The summed E-state index contributed by atoms with van der Waals surface area (Å²) in [6.07, 6.45) is 0.0637. The van der Waals surface area contributed by atoms with E-state index in [4.69, 9.17) is 69.4 Å². The van der Waals surface area contributed by atoms with Gasteiger partial charge in [0.2, 0.25) is 47.3 Å². The predicted molar refractivity (Wildman–Crippen MR) is 456 cm³/mol. The molecule has 2 aromatic rings. The summed E-state index contributed by atoms with van der Waals surface area (Å²) >= 11 is 0.947. The van der Waals surface area contributed by atoms with E-state index in [1.54, 1.807) is 30.3 Å². The summed E-state index contributed by atoms with van der Waals surface area (Å²) in [7, 11) is 1.97. The van der Waals surface area contributed by atoms with Crippen LogP contribution in [0.1, 0.15) is 94.6 Å². The Hall–Kier alpha value is -9.19. The molecule has 2 saturated heterocycles. The van der Waals surface area contributed by atoms with Crippen molar-refractivity contribution in [2.45, 2.75) is 114 Å². The van der Waals surface area contributed by atoms with E-state index in [0.717, 1.165) is 38.9 Å². The SMILES string of the molecule is NC(=O)COCC(=O)CCCOCCOCCOCCCC(=O)[C@@H]1CSCC(=O)N[C@@H](CCCCNC(=O)COCC(=O)NCCOCCOCCOCCOCCOCCNC(=O)CO/N=C/c2ccccc2)C(=O)N[C@H]2CSSC[C@H](NC(=O)[C@H](CC(=O)O)CC(=O)CNC(=O)[C@H](CCCN=C(N)N)CC2=O)C(=O)C[C@@H](Cc2ccccc2)C(=O)N1.[18FH]. The van der Waals surface area contributed by atoms with E-state index in [1.807, 2.05) is 30.3 Å². The number of oxime groups is 1. The molecule has 44 heteroatoms. The molecule has 4 rings (SSSR count). The van der Waals surface area contributed by atoms with Crippen LogP contribution in [0.2, 0.25) is 0 Å². The predicted octanol–water partition coefficient (Wildman–Crippen LogP) is -1.25. The Morgan fingerprint density at radius 3 is 1.56 bits per heavy atom. The van der Waals surface area contributed by atoms with Gasteiger partial charge in [0, 0.05) is 101 Å². The molecule has 7 atom stereocenters. The summed E-state index contributed by atoms with van der Waals surface area (Å²) in [5.41, 5.74) is 17.6. The number of hydrogen-bond acceptors (Lipinski definition) is 31. The Balaban J connectivity index is 0.0000397. The molecular formula is C80H122FN13O27S3. The lowest BCUT2D eigenvalue weighted by molar-refractivity contribution is -0.142. The van der Waals surface area contributed by atoms with Crippen molar-refractivity contribution in [2.24, 2.45) is 45.1 Å². The average Bonchev–Trinajstić information content (AvgIpc) is 1.05. The van der Waals surface area contributed by atoms with E-state index >= 15 is 0 Å². The third kappa shape index (κ3) is 54.5. The molecule has 124 heavy (non-hydrogen) atoms. The average molecular weight is 1810 g/mol. The van der Waals surface area contributed by atoms with Crippen LogP contribution in [0.25, 0.3) is 0 Å². The topological polar surface area (TPSA) is 577 Å². The van der Waals surface area contributed by atoms with E-state index < -0.39 is 164 Å². The highest BCUT2D eigenvalue weighted by molar-refractivity contribution is 8.76. The Bertz CT molecular complexity index is 3610. The molecule has 2 aliphatic rings. The minimum atomic E-state index is -1.55. The van der Waals surface area contributed by atoms with Crippen molar-refractivity contribution in [1.29, 1.82) is 0 Å². The summed E-state index contributed by atoms with van der Waals surface area (Å²) < 4.78 is 54.5. The first kappa shape index (κ1) is 109. The summed E-state index contributed by atoms with van der Waals surface area (Å²) in [6, 6.07) is 12.5. The molecule has 0 spiro atoms. The Labute approximate surface area is 731 Å². The first-order chi connectivity index (χ1) is 59.4. The number of unbranched alkanes of at least 4 members (excludes halogenated alkanes) is 1. The molecule has 2 heterocycles. The molecule has 0 radical (unpaired) electrons. The van der Waals surface area contributed by atoms with E-state index in [1.165, 1.54) is 6.21 Å². The molecule has 15 N–H and O–H groups in total. The van der Waals surface area contributed by atoms with Crippen molar-refractivity contribution in [3.05, 3.63) is 71.8 Å². The number of amides is 9. The fourth-order valence-electron chi connectivity index (χ4n) is 11.6. The van der Waals surface area contributed by atoms with E-state index in [0.29, 0.717) is 64.8 Å². The highest BCUT2D eigenvalue weighted by atomic mass is 33.1. The van der Waals surface area contributed by atoms with Crippen LogP contribution in [0.4, 0.5) is 4.70 Å². The number of carboxylic acid groups (broad SMARTS) is 1. The summed E-state index contributed by atoms with van der Waals surface area (Å²) in [5, 5.41) is 35.2. The van der Waals surface area contributed by atoms with Gasteiger partial charge in [-0.25, -0.2) is 0 Å². The third-order valence-electron chi connectivity index (χ3n) is 17.8. The number of thioether (sulfide) groups is 1. The monoisotopic (exact) mass is 1810 g/mol. The largest absolute Gasteiger partial charge is 0.481 e. The molecule has 9 amide bonds. The quantitative estimate of drug-likeness (QED) is 0.0121. The highest BCUT2D eigenvalue weighted by Crippen LogP contribution is 2.28. The maximum Gasteiger partial charge on any atom is 0.304 e. The van der Waals surface area contributed by atoms with Gasteiger partial charge in [-0.3, -0.25) is 81.6 Å². The van der Waals surface area contributed by atoms with Gasteiger partial charge in [0.15, 0.2) is 41.5 Å². The molecule has 2 fully saturated rings. The second-order valence-electron chi connectivity index (χ2n) is 28.0. The molecular weight excluding hydrogens is 1690 g/mol. The maximum absolute atomic E-state index is 14.9. The number of benzene rings is 2. The number of nitrogens with one attached hydrogen (secondary N) is 8. The molecule has 0 aromatic heterocycles. The van der Waals surface area contributed by atoms with Gasteiger partial charge in [-0.1, -0.05) is 87.4 Å². The van der Waals surface area contributed by atoms with Gasteiger partial charge in [0.25, 0.3) is 5.91 Å². The number of aliphatic imine (C=N–C) groups is 1.